The van der Waals surface area contributed by atoms with Gasteiger partial charge in [-0.3, -0.25) is 9.59 Å². The molecule has 5 nitrogen and oxygen atoms in total. The van der Waals surface area contributed by atoms with E-state index in [-0.39, 0.29) is 23.8 Å². The summed E-state index contributed by atoms with van der Waals surface area (Å²) in [4.78, 5) is 23.8. The number of hydrogen-bond acceptors (Lipinski definition) is 3. The summed E-state index contributed by atoms with van der Waals surface area (Å²) < 4.78 is 6.76. The number of ether oxygens (including phenoxy) is 1. The molecular weight excluding hydrogens is 268 g/mol. The van der Waals surface area contributed by atoms with Crippen LogP contribution in [0.25, 0.3) is 0 Å². The fourth-order valence-corrected chi connectivity index (χ4v) is 2.96. The van der Waals surface area contributed by atoms with Gasteiger partial charge in [-0.2, -0.15) is 0 Å². The highest BCUT2D eigenvalue weighted by Gasteiger charge is 2.28. The van der Waals surface area contributed by atoms with Gasteiger partial charge in [0, 0.05) is 18.8 Å². The summed E-state index contributed by atoms with van der Waals surface area (Å²) >= 11 is 0. The van der Waals surface area contributed by atoms with Crippen LogP contribution in [0.5, 0.6) is 0 Å². The molecule has 1 aliphatic rings. The molecule has 0 aliphatic heterocycles. The third-order valence-corrected chi connectivity index (χ3v) is 4.12. The van der Waals surface area contributed by atoms with Gasteiger partial charge in [0.1, 0.15) is 5.69 Å². The van der Waals surface area contributed by atoms with Crippen LogP contribution >= 0.6 is 0 Å². The van der Waals surface area contributed by atoms with Crippen LogP contribution in [0.4, 0.5) is 0 Å². The van der Waals surface area contributed by atoms with Crippen molar-refractivity contribution in [2.24, 2.45) is 5.92 Å². The van der Waals surface area contributed by atoms with E-state index in [4.69, 9.17) is 4.74 Å². The zero-order valence-electron chi connectivity index (χ0n) is 12.8. The van der Waals surface area contributed by atoms with Crippen molar-refractivity contribution in [2.75, 3.05) is 7.11 Å². The van der Waals surface area contributed by atoms with E-state index < -0.39 is 0 Å². The summed E-state index contributed by atoms with van der Waals surface area (Å²) in [5.41, 5.74) is 0.715. The molecule has 5 heteroatoms. The molecule has 1 fully saturated rings. The van der Waals surface area contributed by atoms with E-state index in [0.717, 1.165) is 38.6 Å². The van der Waals surface area contributed by atoms with Gasteiger partial charge < -0.3 is 14.6 Å². The number of carbonyl (C=O) groups is 2. The second kappa shape index (κ2) is 7.29. The summed E-state index contributed by atoms with van der Waals surface area (Å²) in [6.45, 7) is 2.95. The predicted molar refractivity (Wildman–Crippen MR) is 80.0 cm³/mol. The second-order valence-corrected chi connectivity index (χ2v) is 5.63. The van der Waals surface area contributed by atoms with Crippen LogP contribution in [-0.4, -0.2) is 29.6 Å². The van der Waals surface area contributed by atoms with Crippen molar-refractivity contribution in [3.8, 4) is 0 Å². The van der Waals surface area contributed by atoms with Gasteiger partial charge in [0.2, 0.25) is 0 Å². The molecule has 0 aromatic carbocycles. The summed E-state index contributed by atoms with van der Waals surface area (Å²) in [6, 6.07) is 3.91. The smallest absolute Gasteiger partial charge is 0.308 e. The Bertz CT molecular complexity index is 487. The lowest BCUT2D eigenvalue weighted by molar-refractivity contribution is -0.146. The highest BCUT2D eigenvalue weighted by atomic mass is 16.5. The number of amides is 1. The summed E-state index contributed by atoms with van der Waals surface area (Å²) in [5.74, 6) is -0.154. The zero-order chi connectivity index (χ0) is 15.2. The first-order valence-electron chi connectivity index (χ1n) is 7.69. The van der Waals surface area contributed by atoms with E-state index in [1.54, 1.807) is 0 Å². The van der Waals surface area contributed by atoms with Crippen molar-refractivity contribution in [3.05, 3.63) is 24.0 Å². The van der Waals surface area contributed by atoms with Gasteiger partial charge >= 0.3 is 5.97 Å². The molecule has 2 rings (SSSR count). The lowest BCUT2D eigenvalue weighted by Crippen LogP contribution is -2.39. The minimum Gasteiger partial charge on any atom is -0.469 e. The van der Waals surface area contributed by atoms with Crippen molar-refractivity contribution in [1.29, 1.82) is 0 Å². The molecule has 1 heterocycles. The highest BCUT2D eigenvalue weighted by molar-refractivity contribution is 5.93. The minimum atomic E-state index is -0.128. The van der Waals surface area contributed by atoms with Crippen LogP contribution in [0.2, 0.25) is 0 Å². The molecule has 1 N–H and O–H groups in total. The van der Waals surface area contributed by atoms with Gasteiger partial charge in [0.15, 0.2) is 0 Å². The Balaban J connectivity index is 1.87. The normalized spacial score (nSPS) is 21.8. The van der Waals surface area contributed by atoms with E-state index in [1.807, 2.05) is 22.9 Å². The van der Waals surface area contributed by atoms with Crippen LogP contribution in [0.15, 0.2) is 18.3 Å². The third kappa shape index (κ3) is 3.86. The van der Waals surface area contributed by atoms with Crippen LogP contribution in [-0.2, 0) is 16.1 Å². The summed E-state index contributed by atoms with van der Waals surface area (Å²) in [6.07, 6.45) is 6.17. The Labute approximate surface area is 125 Å². The van der Waals surface area contributed by atoms with E-state index in [9.17, 15) is 9.59 Å². The molecule has 0 radical (unpaired) electrons. The molecule has 0 atom stereocenters. The lowest BCUT2D eigenvalue weighted by Gasteiger charge is -2.27. The van der Waals surface area contributed by atoms with Crippen LogP contribution < -0.4 is 5.32 Å². The van der Waals surface area contributed by atoms with Gasteiger partial charge in [0.25, 0.3) is 5.91 Å². The van der Waals surface area contributed by atoms with Gasteiger partial charge in [0.05, 0.1) is 13.0 Å². The van der Waals surface area contributed by atoms with Crippen molar-refractivity contribution < 1.29 is 14.3 Å². The molecular formula is C16H24N2O3. The summed E-state index contributed by atoms with van der Waals surface area (Å²) in [5, 5.41) is 3.09. The van der Waals surface area contributed by atoms with E-state index in [1.165, 1.54) is 7.11 Å². The number of aromatic nitrogens is 1. The second-order valence-electron chi connectivity index (χ2n) is 5.63. The molecule has 1 aromatic heterocycles. The van der Waals surface area contributed by atoms with Crippen molar-refractivity contribution >= 4 is 11.9 Å². The number of carbonyl (C=O) groups excluding carboxylic acids is 2. The van der Waals surface area contributed by atoms with Gasteiger partial charge in [-0.05, 0) is 44.2 Å². The standard InChI is InChI=1S/C16H24N2O3/c1-3-10-18-11-4-5-14(18)15(19)17-13-8-6-12(7-9-13)16(20)21-2/h4-5,11-13H,3,6-10H2,1-2H3,(H,17,19). The number of nitrogens with one attached hydrogen (secondary N) is 1. The lowest BCUT2D eigenvalue weighted by atomic mass is 9.86. The number of rotatable bonds is 5. The van der Waals surface area contributed by atoms with Crippen molar-refractivity contribution in [3.63, 3.8) is 0 Å². The van der Waals surface area contributed by atoms with E-state index >= 15 is 0 Å². The Hall–Kier alpha value is -1.78. The third-order valence-electron chi connectivity index (χ3n) is 4.12. The molecule has 0 spiro atoms. The quantitative estimate of drug-likeness (QED) is 0.848. The Morgan fingerprint density at radius 3 is 2.67 bits per heavy atom. The first-order chi connectivity index (χ1) is 10.2. The number of aryl methyl sites for hydroxylation is 1. The average Bonchev–Trinajstić information content (AvgIpc) is 2.96. The maximum absolute atomic E-state index is 12.3. The molecule has 116 valence electrons. The van der Waals surface area contributed by atoms with Crippen molar-refractivity contribution in [2.45, 2.75) is 51.6 Å². The van der Waals surface area contributed by atoms with E-state index in [2.05, 4.69) is 12.2 Å². The molecule has 1 amide bonds. The van der Waals surface area contributed by atoms with Crippen LogP contribution in [0.3, 0.4) is 0 Å². The first-order valence-corrected chi connectivity index (χ1v) is 7.69. The van der Waals surface area contributed by atoms with E-state index in [0.29, 0.717) is 5.69 Å². The summed E-state index contributed by atoms with van der Waals surface area (Å²) in [7, 11) is 1.43. The SMILES string of the molecule is CCCn1cccc1C(=O)NC1CCC(C(=O)OC)CC1. The highest BCUT2D eigenvalue weighted by Crippen LogP contribution is 2.25. The molecule has 21 heavy (non-hydrogen) atoms. The molecule has 1 saturated carbocycles. The average molecular weight is 292 g/mol. The number of esters is 1. The van der Waals surface area contributed by atoms with Gasteiger partial charge in [-0.15, -0.1) is 0 Å². The largest absolute Gasteiger partial charge is 0.469 e. The Morgan fingerprint density at radius 2 is 2.05 bits per heavy atom. The van der Waals surface area contributed by atoms with Gasteiger partial charge in [-0.25, -0.2) is 0 Å². The molecule has 0 bridgehead atoms. The Morgan fingerprint density at radius 1 is 1.33 bits per heavy atom. The van der Waals surface area contributed by atoms with Crippen LogP contribution in [0.1, 0.15) is 49.5 Å². The van der Waals surface area contributed by atoms with Gasteiger partial charge in [-0.1, -0.05) is 6.92 Å². The Kier molecular flexibility index (Phi) is 5.42. The number of nitrogens with zero attached hydrogens (tertiary/aromatic N) is 1. The molecule has 0 unspecified atom stereocenters. The first kappa shape index (κ1) is 15.6. The topological polar surface area (TPSA) is 60.3 Å². The molecule has 1 aromatic rings. The van der Waals surface area contributed by atoms with Crippen LogP contribution in [0, 0.1) is 5.92 Å². The number of hydrogen-bond donors (Lipinski definition) is 1. The number of methoxy groups -OCH3 is 1. The molecule has 0 saturated heterocycles. The maximum atomic E-state index is 12.3. The minimum absolute atomic E-state index is 0.00731. The fraction of sp³-hybridized carbons (Fsp3) is 0.625. The fourth-order valence-electron chi connectivity index (χ4n) is 2.96. The monoisotopic (exact) mass is 292 g/mol. The maximum Gasteiger partial charge on any atom is 0.308 e. The zero-order valence-corrected chi connectivity index (χ0v) is 12.8. The predicted octanol–water partition coefficient (Wildman–Crippen LogP) is 2.36. The van der Waals surface area contributed by atoms with Crippen molar-refractivity contribution in [1.82, 2.24) is 9.88 Å². The molecule has 1 aliphatic carbocycles.